The molecule has 0 saturated carbocycles. The van der Waals surface area contributed by atoms with E-state index in [-0.39, 0.29) is 11.4 Å². The minimum absolute atomic E-state index is 0.0973. The van der Waals surface area contributed by atoms with Gasteiger partial charge in [0.1, 0.15) is 5.84 Å². The van der Waals surface area contributed by atoms with Crippen molar-refractivity contribution >= 4 is 11.8 Å². The summed E-state index contributed by atoms with van der Waals surface area (Å²) in [7, 11) is 2.40. The van der Waals surface area contributed by atoms with Crippen LogP contribution < -0.4 is 5.73 Å². The van der Waals surface area contributed by atoms with Crippen LogP contribution >= 0.6 is 0 Å². The lowest BCUT2D eigenvalue weighted by atomic mass is 10.2. The van der Waals surface area contributed by atoms with Crippen molar-refractivity contribution in [2.45, 2.75) is 13.8 Å². The van der Waals surface area contributed by atoms with Crippen molar-refractivity contribution in [1.29, 1.82) is 0 Å². The molecule has 0 saturated heterocycles. The van der Waals surface area contributed by atoms with Crippen LogP contribution in [0.1, 0.15) is 13.8 Å². The van der Waals surface area contributed by atoms with Gasteiger partial charge in [-0.2, -0.15) is 0 Å². The van der Waals surface area contributed by atoms with Crippen molar-refractivity contribution < 1.29 is 19.4 Å². The van der Waals surface area contributed by atoms with Gasteiger partial charge in [0.05, 0.1) is 14.2 Å². The molecule has 0 aliphatic rings. The number of hydrogen-bond donors (Lipinski definition) is 2. The van der Waals surface area contributed by atoms with Crippen molar-refractivity contribution in [3.8, 4) is 0 Å². The molecule has 16 heavy (non-hydrogen) atoms. The van der Waals surface area contributed by atoms with Crippen molar-refractivity contribution in [2.24, 2.45) is 16.6 Å². The number of hydrogen-bond acceptors (Lipinski definition) is 5. The first-order valence-corrected chi connectivity index (χ1v) is 4.79. The fourth-order valence-electron chi connectivity index (χ4n) is 0.866. The molecule has 3 N–H and O–H groups in total. The number of rotatable bonds is 5. The van der Waals surface area contributed by atoms with Crippen LogP contribution in [0.15, 0.2) is 16.5 Å². The Kier molecular flexibility index (Phi) is 5.99. The summed E-state index contributed by atoms with van der Waals surface area (Å²) >= 11 is 0. The topological polar surface area (TPSA) is 94.1 Å². The van der Waals surface area contributed by atoms with Gasteiger partial charge in [0.25, 0.3) is 5.95 Å². The molecule has 0 fully saturated rings. The van der Waals surface area contributed by atoms with E-state index < -0.39 is 11.9 Å². The molecule has 0 aliphatic heterocycles. The first-order chi connectivity index (χ1) is 7.43. The van der Waals surface area contributed by atoms with Gasteiger partial charge in [0.2, 0.25) is 0 Å². The molecule has 0 aliphatic carbocycles. The summed E-state index contributed by atoms with van der Waals surface area (Å²) < 4.78 is 9.00. The Labute approximate surface area is 94.8 Å². The third-order valence-corrected chi connectivity index (χ3v) is 1.68. The predicted octanol–water partition coefficient (Wildman–Crippen LogP) is 0.589. The second-order valence-electron chi connectivity index (χ2n) is 3.50. The molecular formula is C10H18N2O4. The van der Waals surface area contributed by atoms with Crippen LogP contribution in [0.5, 0.6) is 0 Å². The van der Waals surface area contributed by atoms with Gasteiger partial charge >= 0.3 is 5.97 Å². The summed E-state index contributed by atoms with van der Waals surface area (Å²) in [6, 6.07) is 0. The summed E-state index contributed by atoms with van der Waals surface area (Å²) in [4.78, 5) is 15.3. The lowest BCUT2D eigenvalue weighted by Crippen LogP contribution is -2.25. The number of esters is 1. The number of aliphatic hydroxyl groups excluding tert-OH is 1. The highest BCUT2D eigenvalue weighted by Gasteiger charge is 2.21. The molecule has 0 unspecified atom stereocenters. The Morgan fingerprint density at radius 3 is 2.31 bits per heavy atom. The number of ether oxygens (including phenoxy) is 2. The number of carbonyl (C=O) groups excluding carboxylic acids is 1. The van der Waals surface area contributed by atoms with Crippen molar-refractivity contribution in [3.05, 3.63) is 11.5 Å². The van der Waals surface area contributed by atoms with Crippen LogP contribution in [0.2, 0.25) is 0 Å². The smallest absolute Gasteiger partial charge is 0.348 e. The molecule has 0 spiro atoms. The monoisotopic (exact) mass is 230 g/mol. The second-order valence-corrected chi connectivity index (χ2v) is 3.50. The Hall–Kier alpha value is -1.72. The van der Waals surface area contributed by atoms with Crippen LogP contribution in [0.25, 0.3) is 0 Å². The molecule has 0 heterocycles. The highest BCUT2D eigenvalue weighted by Crippen LogP contribution is 2.06. The van der Waals surface area contributed by atoms with Crippen LogP contribution in [0.3, 0.4) is 0 Å². The van der Waals surface area contributed by atoms with Gasteiger partial charge in [-0.25, -0.2) is 4.79 Å². The molecule has 0 radical (unpaired) electrons. The maximum atomic E-state index is 11.3. The standard InChI is InChI=1S/C10H18N2O4/c1-6(2)5-12-8(11)7(9(13)15-3)10(14)16-4/h6,13H,5H2,1-4H3,(H2,11,12). The quantitative estimate of drug-likeness (QED) is 0.237. The van der Waals surface area contributed by atoms with Gasteiger partial charge in [0.15, 0.2) is 5.57 Å². The van der Waals surface area contributed by atoms with E-state index in [0.29, 0.717) is 12.5 Å². The molecule has 0 rings (SSSR count). The minimum Gasteiger partial charge on any atom is -0.480 e. The number of nitrogens with zero attached hydrogens (tertiary/aromatic N) is 1. The molecule has 0 atom stereocenters. The number of carbonyl (C=O) groups is 1. The third-order valence-electron chi connectivity index (χ3n) is 1.68. The first kappa shape index (κ1) is 14.3. The van der Waals surface area contributed by atoms with E-state index >= 15 is 0 Å². The van der Waals surface area contributed by atoms with Crippen molar-refractivity contribution in [3.63, 3.8) is 0 Å². The van der Waals surface area contributed by atoms with Gasteiger partial charge in [-0.15, -0.1) is 0 Å². The number of amidine groups is 1. The Morgan fingerprint density at radius 1 is 1.38 bits per heavy atom. The highest BCUT2D eigenvalue weighted by molar-refractivity contribution is 6.18. The normalized spacial score (nSPS) is 13.4. The molecule has 0 aromatic carbocycles. The highest BCUT2D eigenvalue weighted by atomic mass is 16.6. The van der Waals surface area contributed by atoms with Crippen molar-refractivity contribution in [1.82, 2.24) is 0 Å². The van der Waals surface area contributed by atoms with Gasteiger partial charge in [-0.3, -0.25) is 4.99 Å². The van der Waals surface area contributed by atoms with E-state index in [0.717, 1.165) is 0 Å². The Balaban J connectivity index is 5.06. The van der Waals surface area contributed by atoms with Crippen molar-refractivity contribution in [2.75, 3.05) is 20.8 Å². The van der Waals surface area contributed by atoms with Gasteiger partial charge < -0.3 is 20.3 Å². The van der Waals surface area contributed by atoms with Gasteiger partial charge in [-0.05, 0) is 5.92 Å². The SMILES string of the molecule is COC(=O)C(C(N)=NCC(C)C)=C(O)OC. The Morgan fingerprint density at radius 2 is 1.94 bits per heavy atom. The second kappa shape index (κ2) is 6.71. The molecule has 92 valence electrons. The summed E-state index contributed by atoms with van der Waals surface area (Å²) in [6.45, 7) is 4.35. The molecular weight excluding hydrogens is 212 g/mol. The Bertz CT molecular complexity index is 308. The number of aliphatic hydroxyl groups is 1. The van der Waals surface area contributed by atoms with Crippen LogP contribution in [-0.4, -0.2) is 37.7 Å². The van der Waals surface area contributed by atoms with E-state index in [1.807, 2.05) is 13.8 Å². The van der Waals surface area contributed by atoms with Crippen LogP contribution in [0.4, 0.5) is 0 Å². The molecule has 0 bridgehead atoms. The summed E-state index contributed by atoms with van der Waals surface area (Å²) in [5.74, 6) is -1.19. The van der Waals surface area contributed by atoms with E-state index in [2.05, 4.69) is 14.5 Å². The number of aliphatic imine (C=N–C) groups is 1. The average Bonchev–Trinajstić information content (AvgIpc) is 2.25. The maximum absolute atomic E-state index is 11.3. The van der Waals surface area contributed by atoms with E-state index in [4.69, 9.17) is 5.73 Å². The fourth-order valence-corrected chi connectivity index (χ4v) is 0.866. The van der Waals surface area contributed by atoms with E-state index in [1.54, 1.807) is 0 Å². The largest absolute Gasteiger partial charge is 0.480 e. The maximum Gasteiger partial charge on any atom is 0.348 e. The molecule has 0 aromatic heterocycles. The molecule has 6 heteroatoms. The fraction of sp³-hybridized carbons (Fsp3) is 0.600. The molecule has 6 nitrogen and oxygen atoms in total. The minimum atomic E-state index is -0.788. The zero-order chi connectivity index (χ0) is 12.7. The lowest BCUT2D eigenvalue weighted by molar-refractivity contribution is -0.136. The summed E-state index contributed by atoms with van der Waals surface area (Å²) in [6.07, 6.45) is 0. The predicted molar refractivity (Wildman–Crippen MR) is 60.0 cm³/mol. The molecule has 0 amide bonds. The lowest BCUT2D eigenvalue weighted by Gasteiger charge is -2.08. The summed E-state index contributed by atoms with van der Waals surface area (Å²) in [5, 5.41) is 9.35. The van der Waals surface area contributed by atoms with E-state index in [9.17, 15) is 9.90 Å². The average molecular weight is 230 g/mol. The molecule has 0 aromatic rings. The first-order valence-electron chi connectivity index (χ1n) is 4.79. The van der Waals surface area contributed by atoms with Gasteiger partial charge in [0, 0.05) is 6.54 Å². The van der Waals surface area contributed by atoms with E-state index in [1.165, 1.54) is 14.2 Å². The zero-order valence-corrected chi connectivity index (χ0v) is 9.98. The van der Waals surface area contributed by atoms with Gasteiger partial charge in [-0.1, -0.05) is 13.8 Å². The van der Waals surface area contributed by atoms with Crippen LogP contribution in [0, 0.1) is 5.92 Å². The number of nitrogens with two attached hydrogens (primary N) is 1. The number of methoxy groups -OCH3 is 2. The third kappa shape index (κ3) is 4.20. The van der Waals surface area contributed by atoms with Crippen LogP contribution in [-0.2, 0) is 14.3 Å². The zero-order valence-electron chi connectivity index (χ0n) is 9.98. The summed E-state index contributed by atoms with van der Waals surface area (Å²) in [5.41, 5.74) is 5.31.